The standard InChI is InChI=1S/C31H31Br/c1-30(2)27-9-4-3-8-24(27)26-14-25(29(32)15-28(26)30)22-6-5-7-23(13-22)31-16-19-10-20(17-31)12-21(11-19)18-31/h3-9,13-15,19-21H,10-12,16-18H2,1-2H3. The highest BCUT2D eigenvalue weighted by atomic mass is 79.9. The molecule has 5 aliphatic rings. The van der Waals surface area contributed by atoms with Gasteiger partial charge in [-0.2, -0.15) is 0 Å². The summed E-state index contributed by atoms with van der Waals surface area (Å²) >= 11 is 3.97. The number of halogens is 1. The monoisotopic (exact) mass is 482 g/mol. The Kier molecular flexibility index (Phi) is 4.04. The van der Waals surface area contributed by atoms with Crippen molar-refractivity contribution in [3.63, 3.8) is 0 Å². The van der Waals surface area contributed by atoms with Crippen molar-refractivity contribution in [2.45, 2.75) is 63.2 Å². The fourth-order valence-corrected chi connectivity index (χ4v) is 9.00. The normalized spacial score (nSPS) is 30.9. The molecule has 3 aromatic rings. The molecule has 0 spiro atoms. The minimum absolute atomic E-state index is 0.0496. The van der Waals surface area contributed by atoms with E-state index >= 15 is 0 Å². The molecule has 162 valence electrons. The third-order valence-corrected chi connectivity index (χ3v) is 10.2. The summed E-state index contributed by atoms with van der Waals surface area (Å²) in [4.78, 5) is 0. The fourth-order valence-electron chi connectivity index (χ4n) is 8.42. The van der Waals surface area contributed by atoms with Gasteiger partial charge in [-0.15, -0.1) is 0 Å². The Morgan fingerprint density at radius 3 is 2.09 bits per heavy atom. The lowest BCUT2D eigenvalue weighted by atomic mass is 9.48. The van der Waals surface area contributed by atoms with Crippen LogP contribution in [0.3, 0.4) is 0 Å². The van der Waals surface area contributed by atoms with Crippen molar-refractivity contribution in [3.05, 3.63) is 81.8 Å². The van der Waals surface area contributed by atoms with Crippen LogP contribution < -0.4 is 0 Å². The molecule has 0 radical (unpaired) electrons. The summed E-state index contributed by atoms with van der Waals surface area (Å²) in [6.07, 6.45) is 8.79. The predicted molar refractivity (Wildman–Crippen MR) is 137 cm³/mol. The Bertz CT molecular complexity index is 1210. The summed E-state index contributed by atoms with van der Waals surface area (Å²) in [7, 11) is 0. The largest absolute Gasteiger partial charge is 0.0619 e. The van der Waals surface area contributed by atoms with Crippen molar-refractivity contribution >= 4 is 15.9 Å². The Labute approximate surface area is 200 Å². The average Bonchev–Trinajstić information content (AvgIpc) is 2.99. The quantitative estimate of drug-likeness (QED) is 0.341. The average molecular weight is 483 g/mol. The third-order valence-electron chi connectivity index (χ3n) is 9.50. The lowest BCUT2D eigenvalue weighted by molar-refractivity contribution is -0.00516. The first kappa shape index (κ1) is 19.6. The van der Waals surface area contributed by atoms with Crippen LogP contribution in [0.15, 0.2) is 65.1 Å². The highest BCUT2D eigenvalue weighted by Gasteiger charge is 2.51. The number of fused-ring (bicyclic) bond motifs is 3. The van der Waals surface area contributed by atoms with E-state index in [0.717, 1.165) is 17.8 Å². The van der Waals surface area contributed by atoms with Crippen LogP contribution in [0.5, 0.6) is 0 Å². The van der Waals surface area contributed by atoms with Gasteiger partial charge in [0.05, 0.1) is 0 Å². The van der Waals surface area contributed by atoms with E-state index in [9.17, 15) is 0 Å². The molecular formula is C31H31Br. The lowest BCUT2D eigenvalue weighted by Gasteiger charge is -2.57. The maximum atomic E-state index is 3.97. The smallest absolute Gasteiger partial charge is 0.0257 e. The SMILES string of the molecule is CC1(C)c2ccccc2-c2cc(-c3cccc(C45CC6CC(CC(C6)C4)C5)c3)c(Br)cc21. The van der Waals surface area contributed by atoms with Gasteiger partial charge in [-0.05, 0) is 113 Å². The van der Waals surface area contributed by atoms with Crippen molar-refractivity contribution in [1.82, 2.24) is 0 Å². The molecule has 0 amide bonds. The Morgan fingerprint density at radius 1 is 0.688 bits per heavy atom. The minimum atomic E-state index is 0.0496. The molecule has 4 saturated carbocycles. The first-order chi connectivity index (χ1) is 15.4. The van der Waals surface area contributed by atoms with Gasteiger partial charge in [0, 0.05) is 9.89 Å². The highest BCUT2D eigenvalue weighted by Crippen LogP contribution is 2.61. The third kappa shape index (κ3) is 2.67. The first-order valence-electron chi connectivity index (χ1n) is 12.5. The van der Waals surface area contributed by atoms with Crippen LogP contribution in [-0.2, 0) is 10.8 Å². The fraction of sp³-hybridized carbons (Fsp3) is 0.419. The Balaban J connectivity index is 1.35. The molecule has 5 aliphatic carbocycles. The van der Waals surface area contributed by atoms with Crippen LogP contribution in [0.4, 0.5) is 0 Å². The zero-order valence-electron chi connectivity index (χ0n) is 19.1. The summed E-state index contributed by atoms with van der Waals surface area (Å²) in [5, 5.41) is 0. The Morgan fingerprint density at radius 2 is 1.38 bits per heavy atom. The predicted octanol–water partition coefficient (Wildman–Crippen LogP) is 8.89. The molecule has 3 aromatic carbocycles. The molecule has 4 fully saturated rings. The topological polar surface area (TPSA) is 0 Å². The zero-order valence-corrected chi connectivity index (χ0v) is 20.7. The summed E-state index contributed by atoms with van der Waals surface area (Å²) in [6, 6.07) is 23.4. The molecule has 32 heavy (non-hydrogen) atoms. The van der Waals surface area contributed by atoms with Crippen LogP contribution in [-0.4, -0.2) is 0 Å². The molecule has 1 heteroatoms. The van der Waals surface area contributed by atoms with Crippen molar-refractivity contribution in [1.29, 1.82) is 0 Å². The van der Waals surface area contributed by atoms with Gasteiger partial charge >= 0.3 is 0 Å². The molecule has 0 nitrogen and oxygen atoms in total. The number of hydrogen-bond acceptors (Lipinski definition) is 0. The number of hydrogen-bond donors (Lipinski definition) is 0. The van der Waals surface area contributed by atoms with Gasteiger partial charge in [-0.3, -0.25) is 0 Å². The Hall–Kier alpha value is -1.86. The summed E-state index contributed by atoms with van der Waals surface area (Å²) in [5.74, 6) is 2.95. The van der Waals surface area contributed by atoms with Gasteiger partial charge < -0.3 is 0 Å². The maximum absolute atomic E-state index is 3.97. The molecule has 0 heterocycles. The van der Waals surface area contributed by atoms with E-state index in [4.69, 9.17) is 0 Å². The second-order valence-electron chi connectivity index (χ2n) is 11.8. The molecular weight excluding hydrogens is 452 g/mol. The van der Waals surface area contributed by atoms with Gasteiger partial charge in [-0.25, -0.2) is 0 Å². The van der Waals surface area contributed by atoms with Crippen LogP contribution >= 0.6 is 15.9 Å². The molecule has 0 aromatic heterocycles. The molecule has 0 N–H and O–H groups in total. The highest BCUT2D eigenvalue weighted by molar-refractivity contribution is 9.10. The van der Waals surface area contributed by atoms with E-state index in [1.165, 1.54) is 76.4 Å². The van der Waals surface area contributed by atoms with E-state index in [2.05, 4.69) is 90.4 Å². The van der Waals surface area contributed by atoms with Crippen molar-refractivity contribution in [3.8, 4) is 22.3 Å². The number of benzene rings is 3. The molecule has 8 rings (SSSR count). The molecule has 4 bridgehead atoms. The molecule has 0 unspecified atom stereocenters. The van der Waals surface area contributed by atoms with E-state index in [-0.39, 0.29) is 5.41 Å². The van der Waals surface area contributed by atoms with Crippen molar-refractivity contribution in [2.75, 3.05) is 0 Å². The second-order valence-corrected chi connectivity index (χ2v) is 12.7. The van der Waals surface area contributed by atoms with Gasteiger partial charge in [-0.1, -0.05) is 78.3 Å². The molecule has 0 atom stereocenters. The van der Waals surface area contributed by atoms with Crippen molar-refractivity contribution in [2.24, 2.45) is 17.8 Å². The summed E-state index contributed by atoms with van der Waals surface area (Å²) in [5.41, 5.74) is 10.5. The van der Waals surface area contributed by atoms with Crippen molar-refractivity contribution < 1.29 is 0 Å². The first-order valence-corrected chi connectivity index (χ1v) is 13.3. The summed E-state index contributed by atoms with van der Waals surface area (Å²) < 4.78 is 1.22. The van der Waals surface area contributed by atoms with E-state index < -0.39 is 0 Å². The minimum Gasteiger partial charge on any atom is -0.0619 e. The second kappa shape index (κ2) is 6.60. The maximum Gasteiger partial charge on any atom is 0.0257 e. The van der Waals surface area contributed by atoms with Gasteiger partial charge in [0.15, 0.2) is 0 Å². The van der Waals surface area contributed by atoms with E-state index in [1.54, 1.807) is 5.56 Å². The number of rotatable bonds is 2. The molecule has 0 aliphatic heterocycles. The van der Waals surface area contributed by atoms with Gasteiger partial charge in [0.2, 0.25) is 0 Å². The summed E-state index contributed by atoms with van der Waals surface area (Å²) in [6.45, 7) is 4.72. The molecule has 0 saturated heterocycles. The van der Waals surface area contributed by atoms with E-state index in [1.807, 2.05) is 0 Å². The van der Waals surface area contributed by atoms with Gasteiger partial charge in [0.1, 0.15) is 0 Å². The van der Waals surface area contributed by atoms with Crippen LogP contribution in [0.1, 0.15) is 69.1 Å². The van der Waals surface area contributed by atoms with Crippen LogP contribution in [0, 0.1) is 17.8 Å². The zero-order chi connectivity index (χ0) is 21.7. The van der Waals surface area contributed by atoms with Crippen LogP contribution in [0.2, 0.25) is 0 Å². The van der Waals surface area contributed by atoms with Crippen LogP contribution in [0.25, 0.3) is 22.3 Å². The van der Waals surface area contributed by atoms with Gasteiger partial charge in [0.25, 0.3) is 0 Å². The lowest BCUT2D eigenvalue weighted by Crippen LogP contribution is -2.48. The van der Waals surface area contributed by atoms with E-state index in [0.29, 0.717) is 5.41 Å².